The highest BCUT2D eigenvalue weighted by Gasteiger charge is 2.28. The molecular formula is C17H19ClN4O2. The summed E-state index contributed by atoms with van der Waals surface area (Å²) >= 11 is 5.91. The number of amides is 2. The van der Waals surface area contributed by atoms with Gasteiger partial charge in [0.2, 0.25) is 5.91 Å². The molecule has 0 aliphatic carbocycles. The summed E-state index contributed by atoms with van der Waals surface area (Å²) < 4.78 is 1.72. The van der Waals surface area contributed by atoms with Gasteiger partial charge in [-0.3, -0.25) is 9.59 Å². The number of rotatable bonds is 3. The number of nitrogens with two attached hydrogens (primary N) is 1. The van der Waals surface area contributed by atoms with Crippen LogP contribution in [0.15, 0.2) is 30.5 Å². The third-order valence-corrected chi connectivity index (χ3v) is 4.75. The Morgan fingerprint density at radius 1 is 1.21 bits per heavy atom. The molecule has 1 aromatic heterocycles. The van der Waals surface area contributed by atoms with Gasteiger partial charge in [-0.1, -0.05) is 11.6 Å². The van der Waals surface area contributed by atoms with Gasteiger partial charge in [-0.05, 0) is 44.0 Å². The van der Waals surface area contributed by atoms with E-state index in [1.165, 1.54) is 0 Å². The number of halogens is 1. The average molecular weight is 347 g/mol. The molecule has 2 amide bonds. The summed E-state index contributed by atoms with van der Waals surface area (Å²) in [4.78, 5) is 25.7. The van der Waals surface area contributed by atoms with Crippen molar-refractivity contribution in [2.75, 3.05) is 13.1 Å². The van der Waals surface area contributed by atoms with Crippen LogP contribution < -0.4 is 5.73 Å². The summed E-state index contributed by atoms with van der Waals surface area (Å²) in [5, 5.41) is 4.98. The van der Waals surface area contributed by atoms with Crippen molar-refractivity contribution in [1.82, 2.24) is 14.7 Å². The number of primary amides is 1. The topological polar surface area (TPSA) is 81.2 Å². The Morgan fingerprint density at radius 2 is 1.83 bits per heavy atom. The van der Waals surface area contributed by atoms with Gasteiger partial charge in [0, 0.05) is 24.0 Å². The van der Waals surface area contributed by atoms with Crippen molar-refractivity contribution in [3.63, 3.8) is 0 Å². The van der Waals surface area contributed by atoms with E-state index in [0.717, 1.165) is 11.4 Å². The largest absolute Gasteiger partial charge is 0.369 e. The molecule has 1 aliphatic rings. The fraction of sp³-hybridized carbons (Fsp3) is 0.353. The highest BCUT2D eigenvalue weighted by atomic mass is 35.5. The predicted octanol–water partition coefficient (Wildman–Crippen LogP) is 2.17. The van der Waals surface area contributed by atoms with E-state index in [-0.39, 0.29) is 17.7 Å². The van der Waals surface area contributed by atoms with Gasteiger partial charge in [0.1, 0.15) is 0 Å². The SMILES string of the molecule is Cc1c(C(=O)N2CCC(C(N)=O)CC2)cnn1-c1ccc(Cl)cc1. The van der Waals surface area contributed by atoms with Gasteiger partial charge >= 0.3 is 0 Å². The second kappa shape index (κ2) is 6.65. The summed E-state index contributed by atoms with van der Waals surface area (Å²) in [6, 6.07) is 7.28. The van der Waals surface area contributed by atoms with Crippen molar-refractivity contribution in [2.24, 2.45) is 11.7 Å². The molecule has 0 radical (unpaired) electrons. The molecule has 1 aromatic carbocycles. The monoisotopic (exact) mass is 346 g/mol. The first-order valence-corrected chi connectivity index (χ1v) is 8.24. The molecule has 2 aromatic rings. The normalized spacial score (nSPS) is 15.5. The first-order valence-electron chi connectivity index (χ1n) is 7.86. The van der Waals surface area contributed by atoms with Crippen molar-refractivity contribution in [2.45, 2.75) is 19.8 Å². The van der Waals surface area contributed by atoms with Crippen molar-refractivity contribution >= 4 is 23.4 Å². The molecule has 0 saturated carbocycles. The molecule has 1 saturated heterocycles. The quantitative estimate of drug-likeness (QED) is 0.924. The van der Waals surface area contributed by atoms with Crippen LogP contribution in [0, 0.1) is 12.8 Å². The summed E-state index contributed by atoms with van der Waals surface area (Å²) in [6.07, 6.45) is 2.82. The number of aromatic nitrogens is 2. The fourth-order valence-corrected chi connectivity index (χ4v) is 3.13. The minimum absolute atomic E-state index is 0.0596. The smallest absolute Gasteiger partial charge is 0.257 e. The van der Waals surface area contributed by atoms with Crippen molar-refractivity contribution in [3.05, 3.63) is 46.7 Å². The lowest BCUT2D eigenvalue weighted by Crippen LogP contribution is -2.41. The maximum Gasteiger partial charge on any atom is 0.257 e. The molecule has 6 nitrogen and oxygen atoms in total. The number of piperidine rings is 1. The second-order valence-electron chi connectivity index (χ2n) is 6.00. The molecule has 2 N–H and O–H groups in total. The lowest BCUT2D eigenvalue weighted by atomic mass is 9.96. The highest BCUT2D eigenvalue weighted by molar-refractivity contribution is 6.30. The summed E-state index contributed by atoms with van der Waals surface area (Å²) in [6.45, 7) is 2.95. The molecule has 1 fully saturated rings. The van der Waals surface area contributed by atoms with Crippen molar-refractivity contribution < 1.29 is 9.59 Å². The lowest BCUT2D eigenvalue weighted by Gasteiger charge is -2.30. The predicted molar refractivity (Wildman–Crippen MR) is 91.1 cm³/mol. The van der Waals surface area contributed by atoms with E-state index in [2.05, 4.69) is 5.10 Å². The zero-order chi connectivity index (χ0) is 17.3. The summed E-state index contributed by atoms with van der Waals surface area (Å²) in [5.74, 6) is -0.476. The highest BCUT2D eigenvalue weighted by Crippen LogP contribution is 2.21. The van der Waals surface area contributed by atoms with Crippen LogP contribution in [-0.2, 0) is 4.79 Å². The molecule has 3 rings (SSSR count). The van der Waals surface area contributed by atoms with Crippen molar-refractivity contribution in [3.8, 4) is 5.69 Å². The molecule has 126 valence electrons. The summed E-state index contributed by atoms with van der Waals surface area (Å²) in [7, 11) is 0. The van der Waals surface area contributed by atoms with E-state index in [4.69, 9.17) is 17.3 Å². The van der Waals surface area contributed by atoms with E-state index in [1.54, 1.807) is 27.9 Å². The van der Waals surface area contributed by atoms with Gasteiger partial charge in [-0.25, -0.2) is 4.68 Å². The van der Waals surface area contributed by atoms with Gasteiger partial charge < -0.3 is 10.6 Å². The maximum atomic E-state index is 12.7. The molecule has 0 unspecified atom stereocenters. The van der Waals surface area contributed by atoms with Gasteiger partial charge in [0.05, 0.1) is 23.1 Å². The van der Waals surface area contributed by atoms with E-state index in [0.29, 0.717) is 36.5 Å². The zero-order valence-electron chi connectivity index (χ0n) is 13.4. The van der Waals surface area contributed by atoms with Crippen molar-refractivity contribution in [1.29, 1.82) is 0 Å². The molecule has 2 heterocycles. The van der Waals surface area contributed by atoms with Gasteiger partial charge in [0.15, 0.2) is 0 Å². The summed E-state index contributed by atoms with van der Waals surface area (Å²) in [5.41, 5.74) is 7.54. The van der Waals surface area contributed by atoms with E-state index < -0.39 is 0 Å². The standard InChI is InChI=1S/C17H19ClN4O2/c1-11-15(10-20-22(11)14-4-2-13(18)3-5-14)17(24)21-8-6-12(7-9-21)16(19)23/h2-5,10,12H,6-9H2,1H3,(H2,19,23). The van der Waals surface area contributed by atoms with Crippen LogP contribution in [-0.4, -0.2) is 39.6 Å². The third kappa shape index (κ3) is 3.14. The first kappa shape index (κ1) is 16.5. The Hall–Kier alpha value is -2.34. The minimum atomic E-state index is -0.283. The van der Waals surface area contributed by atoms with E-state index in [9.17, 15) is 9.59 Å². The molecule has 1 aliphatic heterocycles. The molecule has 0 spiro atoms. The number of hydrogen-bond donors (Lipinski definition) is 1. The minimum Gasteiger partial charge on any atom is -0.369 e. The number of benzene rings is 1. The number of nitrogens with zero attached hydrogens (tertiary/aromatic N) is 3. The number of carbonyl (C=O) groups excluding carboxylic acids is 2. The number of likely N-dealkylation sites (tertiary alicyclic amines) is 1. The van der Waals surface area contributed by atoms with Gasteiger partial charge in [0.25, 0.3) is 5.91 Å². The van der Waals surface area contributed by atoms with E-state index >= 15 is 0 Å². The third-order valence-electron chi connectivity index (χ3n) is 4.50. The molecule has 7 heteroatoms. The van der Waals surface area contributed by atoms with Crippen LogP contribution in [0.1, 0.15) is 28.9 Å². The van der Waals surface area contributed by atoms with Crippen LogP contribution in [0.4, 0.5) is 0 Å². The van der Waals surface area contributed by atoms with Crippen LogP contribution in [0.25, 0.3) is 5.69 Å². The fourth-order valence-electron chi connectivity index (χ4n) is 3.00. The molecule has 0 atom stereocenters. The lowest BCUT2D eigenvalue weighted by molar-refractivity contribution is -0.123. The first-order chi connectivity index (χ1) is 11.5. The second-order valence-corrected chi connectivity index (χ2v) is 6.44. The Kier molecular flexibility index (Phi) is 4.57. The molecular weight excluding hydrogens is 328 g/mol. The Balaban J connectivity index is 1.77. The Bertz CT molecular complexity index is 761. The van der Waals surface area contributed by atoms with Crippen LogP contribution >= 0.6 is 11.6 Å². The van der Waals surface area contributed by atoms with Crippen LogP contribution in [0.5, 0.6) is 0 Å². The molecule has 24 heavy (non-hydrogen) atoms. The van der Waals surface area contributed by atoms with Gasteiger partial charge in [-0.2, -0.15) is 5.10 Å². The molecule has 0 bridgehead atoms. The Morgan fingerprint density at radius 3 is 2.42 bits per heavy atom. The number of hydrogen-bond acceptors (Lipinski definition) is 3. The maximum absolute atomic E-state index is 12.7. The zero-order valence-corrected chi connectivity index (χ0v) is 14.2. The van der Waals surface area contributed by atoms with E-state index in [1.807, 2.05) is 19.1 Å². The van der Waals surface area contributed by atoms with Crippen LogP contribution in [0.3, 0.4) is 0 Å². The average Bonchev–Trinajstić information content (AvgIpc) is 2.96. The van der Waals surface area contributed by atoms with Gasteiger partial charge in [-0.15, -0.1) is 0 Å². The Labute approximate surface area is 145 Å². The van der Waals surface area contributed by atoms with Crippen LogP contribution in [0.2, 0.25) is 5.02 Å². The number of carbonyl (C=O) groups is 2.